The second-order valence-electron chi connectivity index (χ2n) is 4.16. The van der Waals surface area contributed by atoms with Gasteiger partial charge in [0.1, 0.15) is 0 Å². The average molecular weight is 206 g/mol. The van der Waals surface area contributed by atoms with Crippen LogP contribution < -0.4 is 0 Å². The van der Waals surface area contributed by atoms with E-state index in [-0.39, 0.29) is 0 Å². The molecule has 0 bridgehead atoms. The molecule has 1 N–H and O–H groups in total. The van der Waals surface area contributed by atoms with Crippen molar-refractivity contribution in [1.82, 2.24) is 0 Å². The molecular formula is C12H14OS. The minimum atomic E-state index is -0.726. The zero-order chi connectivity index (χ0) is 10.3. The van der Waals surface area contributed by atoms with Crippen molar-refractivity contribution in [2.45, 2.75) is 26.4 Å². The molecule has 0 aliphatic heterocycles. The maximum absolute atomic E-state index is 9.89. The molecule has 1 nitrogen and oxygen atoms in total. The second-order valence-corrected chi connectivity index (χ2v) is 5.22. The number of hydrogen-bond donors (Lipinski definition) is 1. The Bertz CT molecular complexity index is 463. The monoisotopic (exact) mass is 206 g/mol. The van der Waals surface area contributed by atoms with Gasteiger partial charge in [0.2, 0.25) is 0 Å². The van der Waals surface area contributed by atoms with Crippen molar-refractivity contribution in [3.63, 3.8) is 0 Å². The van der Waals surface area contributed by atoms with E-state index in [1.807, 2.05) is 13.8 Å². The lowest BCUT2D eigenvalue weighted by Gasteiger charge is -2.13. The van der Waals surface area contributed by atoms with Gasteiger partial charge in [-0.15, -0.1) is 11.3 Å². The van der Waals surface area contributed by atoms with Crippen molar-refractivity contribution in [2.75, 3.05) is 0 Å². The molecule has 14 heavy (non-hydrogen) atoms. The van der Waals surface area contributed by atoms with Gasteiger partial charge < -0.3 is 5.11 Å². The molecule has 0 radical (unpaired) electrons. The average Bonchev–Trinajstić information content (AvgIpc) is 2.48. The van der Waals surface area contributed by atoms with Crippen molar-refractivity contribution in [3.8, 4) is 0 Å². The van der Waals surface area contributed by atoms with Crippen LogP contribution in [0, 0.1) is 6.92 Å². The lowest BCUT2D eigenvalue weighted by molar-refractivity contribution is 0.0826. The summed E-state index contributed by atoms with van der Waals surface area (Å²) in [6.07, 6.45) is 0. The van der Waals surface area contributed by atoms with Crippen LogP contribution >= 0.6 is 11.3 Å². The Morgan fingerprint density at radius 1 is 1.29 bits per heavy atom. The van der Waals surface area contributed by atoms with E-state index in [9.17, 15) is 5.11 Å². The highest BCUT2D eigenvalue weighted by atomic mass is 32.1. The third-order valence-electron chi connectivity index (χ3n) is 2.34. The topological polar surface area (TPSA) is 20.2 Å². The molecule has 0 aliphatic carbocycles. The number of fused-ring (bicyclic) bond motifs is 1. The quantitative estimate of drug-likeness (QED) is 0.757. The Hall–Kier alpha value is -0.860. The smallest absolute Gasteiger partial charge is 0.0932 e. The van der Waals surface area contributed by atoms with Crippen LogP contribution in [0.2, 0.25) is 0 Å². The fourth-order valence-corrected chi connectivity index (χ4v) is 2.64. The highest BCUT2D eigenvalue weighted by Crippen LogP contribution is 2.34. The molecule has 2 aromatic rings. The van der Waals surface area contributed by atoms with E-state index >= 15 is 0 Å². The molecule has 0 fully saturated rings. The summed E-state index contributed by atoms with van der Waals surface area (Å²) in [5, 5.41) is 11.1. The third kappa shape index (κ3) is 1.56. The van der Waals surface area contributed by atoms with Gasteiger partial charge in [-0.1, -0.05) is 18.2 Å². The van der Waals surface area contributed by atoms with E-state index in [0.717, 1.165) is 4.88 Å². The second kappa shape index (κ2) is 3.07. The fourth-order valence-electron chi connectivity index (χ4n) is 1.51. The van der Waals surface area contributed by atoms with Gasteiger partial charge in [0, 0.05) is 9.58 Å². The van der Waals surface area contributed by atoms with Gasteiger partial charge in [-0.25, -0.2) is 0 Å². The van der Waals surface area contributed by atoms with Gasteiger partial charge in [-0.05, 0) is 37.8 Å². The van der Waals surface area contributed by atoms with E-state index in [0.29, 0.717) is 0 Å². The van der Waals surface area contributed by atoms with Crippen molar-refractivity contribution in [1.29, 1.82) is 0 Å². The standard InChI is InChI=1S/C12H14OS/c1-8-5-4-6-9-7-10(12(2,3)13)14-11(8)9/h4-7,13H,1-3H3. The molecule has 74 valence electrons. The van der Waals surface area contributed by atoms with E-state index < -0.39 is 5.60 Å². The van der Waals surface area contributed by atoms with Crippen molar-refractivity contribution >= 4 is 21.4 Å². The Labute approximate surface area is 88.0 Å². The molecule has 1 heterocycles. The van der Waals surface area contributed by atoms with E-state index in [1.54, 1.807) is 11.3 Å². The van der Waals surface area contributed by atoms with Crippen LogP contribution in [0.3, 0.4) is 0 Å². The van der Waals surface area contributed by atoms with Crippen molar-refractivity contribution in [2.24, 2.45) is 0 Å². The summed E-state index contributed by atoms with van der Waals surface area (Å²) < 4.78 is 1.28. The van der Waals surface area contributed by atoms with Crippen molar-refractivity contribution < 1.29 is 5.11 Å². The van der Waals surface area contributed by atoms with Gasteiger partial charge in [-0.2, -0.15) is 0 Å². The highest BCUT2D eigenvalue weighted by Gasteiger charge is 2.19. The first-order chi connectivity index (χ1) is 6.48. The maximum Gasteiger partial charge on any atom is 0.0932 e. The Balaban J connectivity index is 2.69. The van der Waals surface area contributed by atoms with Gasteiger partial charge in [0.25, 0.3) is 0 Å². The van der Waals surface area contributed by atoms with E-state index in [2.05, 4.69) is 31.2 Å². The molecular weight excluding hydrogens is 192 g/mol. The molecule has 0 atom stereocenters. The van der Waals surface area contributed by atoms with Gasteiger partial charge in [0.05, 0.1) is 5.60 Å². The largest absolute Gasteiger partial charge is 0.385 e. The summed E-state index contributed by atoms with van der Waals surface area (Å²) in [4.78, 5) is 1.03. The predicted octanol–water partition coefficient (Wildman–Crippen LogP) is 3.44. The summed E-state index contributed by atoms with van der Waals surface area (Å²) in [6.45, 7) is 5.76. The number of hydrogen-bond acceptors (Lipinski definition) is 2. The van der Waals surface area contributed by atoms with Crippen molar-refractivity contribution in [3.05, 3.63) is 34.7 Å². The van der Waals surface area contributed by atoms with E-state index in [1.165, 1.54) is 15.6 Å². The molecule has 0 saturated carbocycles. The molecule has 0 unspecified atom stereocenters. The SMILES string of the molecule is Cc1cccc2cc(C(C)(C)O)sc12. The first kappa shape index (κ1) is 9.69. The zero-order valence-electron chi connectivity index (χ0n) is 8.66. The minimum absolute atomic E-state index is 0.726. The third-order valence-corrected chi connectivity index (χ3v) is 3.94. The number of benzene rings is 1. The summed E-state index contributed by atoms with van der Waals surface area (Å²) in [7, 11) is 0. The van der Waals surface area contributed by atoms with Crippen LogP contribution in [-0.4, -0.2) is 5.11 Å². The van der Waals surface area contributed by atoms with Crippen LogP contribution in [0.5, 0.6) is 0 Å². The number of thiophene rings is 1. The first-order valence-corrected chi connectivity index (χ1v) is 5.52. The molecule has 0 spiro atoms. The molecule has 2 rings (SSSR count). The van der Waals surface area contributed by atoms with Crippen LogP contribution in [0.25, 0.3) is 10.1 Å². The number of aliphatic hydroxyl groups is 1. The molecule has 1 aromatic carbocycles. The Morgan fingerprint density at radius 2 is 2.00 bits per heavy atom. The lowest BCUT2D eigenvalue weighted by atomic mass is 10.1. The molecule has 0 amide bonds. The highest BCUT2D eigenvalue weighted by molar-refractivity contribution is 7.19. The molecule has 0 saturated heterocycles. The van der Waals surface area contributed by atoms with Gasteiger partial charge >= 0.3 is 0 Å². The van der Waals surface area contributed by atoms with Gasteiger partial charge in [0.15, 0.2) is 0 Å². The normalized spacial score (nSPS) is 12.3. The molecule has 1 aromatic heterocycles. The number of rotatable bonds is 1. The minimum Gasteiger partial charge on any atom is -0.385 e. The summed E-state index contributed by atoms with van der Waals surface area (Å²) in [5.41, 5.74) is 0.554. The molecule has 2 heteroatoms. The van der Waals surface area contributed by atoms with E-state index in [4.69, 9.17) is 0 Å². The van der Waals surface area contributed by atoms with Crippen LogP contribution in [0.15, 0.2) is 24.3 Å². The summed E-state index contributed by atoms with van der Waals surface area (Å²) in [5.74, 6) is 0. The van der Waals surface area contributed by atoms with Crippen LogP contribution in [0.4, 0.5) is 0 Å². The van der Waals surface area contributed by atoms with Crippen LogP contribution in [0.1, 0.15) is 24.3 Å². The fraction of sp³-hybridized carbons (Fsp3) is 0.333. The summed E-state index contributed by atoms with van der Waals surface area (Å²) >= 11 is 1.68. The molecule has 0 aliphatic rings. The maximum atomic E-state index is 9.89. The summed E-state index contributed by atoms with van der Waals surface area (Å²) in [6, 6.07) is 8.33. The van der Waals surface area contributed by atoms with Crippen LogP contribution in [-0.2, 0) is 5.60 Å². The zero-order valence-corrected chi connectivity index (χ0v) is 9.48. The Kier molecular flexibility index (Phi) is 2.13. The van der Waals surface area contributed by atoms with Gasteiger partial charge in [-0.3, -0.25) is 0 Å². The predicted molar refractivity (Wildman–Crippen MR) is 61.8 cm³/mol. The number of aryl methyl sites for hydroxylation is 1. The first-order valence-electron chi connectivity index (χ1n) is 4.70. The lowest BCUT2D eigenvalue weighted by Crippen LogP contribution is -2.12. The Morgan fingerprint density at radius 3 is 2.57 bits per heavy atom.